The van der Waals surface area contributed by atoms with Crippen molar-refractivity contribution < 1.29 is 18.0 Å². The van der Waals surface area contributed by atoms with Crippen molar-refractivity contribution >= 4 is 5.91 Å². The summed E-state index contributed by atoms with van der Waals surface area (Å²) in [6.45, 7) is 0.866. The van der Waals surface area contributed by atoms with Crippen LogP contribution in [0.25, 0.3) is 0 Å². The molecule has 0 spiro atoms. The summed E-state index contributed by atoms with van der Waals surface area (Å²) in [5, 5.41) is 8.06. The molecule has 116 valence electrons. The summed E-state index contributed by atoms with van der Waals surface area (Å²) < 4.78 is 38.1. The molecule has 2 aromatic rings. The number of hydrogen-bond donors (Lipinski definition) is 0. The maximum atomic E-state index is 12.7. The molecule has 0 radical (unpaired) electrons. The number of hydrogen-bond acceptors (Lipinski definition) is 3. The van der Waals surface area contributed by atoms with E-state index in [1.165, 1.54) is 21.8 Å². The summed E-state index contributed by atoms with van der Waals surface area (Å²) >= 11 is 0. The summed E-state index contributed by atoms with van der Waals surface area (Å²) in [5.41, 5.74) is -0.772. The van der Waals surface area contributed by atoms with Crippen molar-refractivity contribution in [2.75, 3.05) is 13.1 Å². The Morgan fingerprint density at radius 1 is 1.23 bits per heavy atom. The van der Waals surface area contributed by atoms with Crippen LogP contribution in [0.2, 0.25) is 0 Å². The van der Waals surface area contributed by atoms with Crippen LogP contribution in [0, 0.1) is 0 Å². The van der Waals surface area contributed by atoms with Gasteiger partial charge in [0, 0.05) is 18.7 Å². The molecule has 0 N–H and O–H groups in total. The summed E-state index contributed by atoms with van der Waals surface area (Å²) in [4.78, 5) is 15.4. The predicted molar refractivity (Wildman–Crippen MR) is 71.0 cm³/mol. The monoisotopic (exact) mass is 310 g/mol. The van der Waals surface area contributed by atoms with E-state index in [2.05, 4.69) is 10.2 Å². The summed E-state index contributed by atoms with van der Waals surface area (Å²) in [7, 11) is 0. The minimum absolute atomic E-state index is 0.0373. The van der Waals surface area contributed by atoms with Gasteiger partial charge in [-0.15, -0.1) is 0 Å². The number of nitrogens with zero attached hydrogens (tertiary/aromatic N) is 4. The minimum Gasteiger partial charge on any atom is -0.336 e. The van der Waals surface area contributed by atoms with Crippen molar-refractivity contribution in [3.05, 3.63) is 47.8 Å². The first-order chi connectivity index (χ1) is 10.4. The van der Waals surface area contributed by atoms with Gasteiger partial charge in [0.25, 0.3) is 5.91 Å². The van der Waals surface area contributed by atoms with E-state index >= 15 is 0 Å². The molecule has 0 bridgehead atoms. The smallest absolute Gasteiger partial charge is 0.336 e. The van der Waals surface area contributed by atoms with Crippen LogP contribution in [0.4, 0.5) is 13.2 Å². The maximum Gasteiger partial charge on any atom is 0.416 e. The fourth-order valence-corrected chi connectivity index (χ4v) is 2.54. The third-order valence-electron chi connectivity index (χ3n) is 3.65. The van der Waals surface area contributed by atoms with Gasteiger partial charge in [0.2, 0.25) is 0 Å². The molecular formula is C14H13F3N4O. The van der Waals surface area contributed by atoms with Gasteiger partial charge in [0.15, 0.2) is 0 Å². The molecule has 1 fully saturated rings. The second-order valence-electron chi connectivity index (χ2n) is 5.12. The van der Waals surface area contributed by atoms with Crippen LogP contribution in [0.1, 0.15) is 28.4 Å². The van der Waals surface area contributed by atoms with Gasteiger partial charge in [-0.25, -0.2) is 0 Å². The number of aromatic nitrogens is 3. The third kappa shape index (κ3) is 2.81. The molecule has 5 nitrogen and oxygen atoms in total. The molecule has 1 saturated heterocycles. The Balaban J connectivity index is 1.75. The van der Waals surface area contributed by atoms with Crippen LogP contribution in [0.5, 0.6) is 0 Å². The van der Waals surface area contributed by atoms with Gasteiger partial charge >= 0.3 is 6.18 Å². The SMILES string of the molecule is O=C(c1cccc(C(F)(F)F)c1)N1CCC(n2nccn2)C1. The molecule has 0 saturated carbocycles. The number of likely N-dealkylation sites (tertiary alicyclic amines) is 1. The van der Waals surface area contributed by atoms with E-state index in [-0.39, 0.29) is 11.6 Å². The lowest BCUT2D eigenvalue weighted by Crippen LogP contribution is -2.29. The highest BCUT2D eigenvalue weighted by Gasteiger charge is 2.33. The zero-order valence-corrected chi connectivity index (χ0v) is 11.5. The number of amides is 1. The first kappa shape index (κ1) is 14.6. The first-order valence-electron chi connectivity index (χ1n) is 6.77. The van der Waals surface area contributed by atoms with E-state index in [1.54, 1.807) is 12.4 Å². The molecule has 1 aliphatic heterocycles. The zero-order valence-electron chi connectivity index (χ0n) is 11.5. The maximum absolute atomic E-state index is 12.7. The van der Waals surface area contributed by atoms with Crippen LogP contribution >= 0.6 is 0 Å². The lowest BCUT2D eigenvalue weighted by Gasteiger charge is -2.17. The molecule has 22 heavy (non-hydrogen) atoms. The van der Waals surface area contributed by atoms with Gasteiger partial charge in [-0.3, -0.25) is 4.79 Å². The zero-order chi connectivity index (χ0) is 15.7. The largest absolute Gasteiger partial charge is 0.416 e. The lowest BCUT2D eigenvalue weighted by atomic mass is 10.1. The number of alkyl halides is 3. The van der Waals surface area contributed by atoms with Crippen molar-refractivity contribution in [1.29, 1.82) is 0 Å². The normalized spacial score (nSPS) is 18.7. The van der Waals surface area contributed by atoms with E-state index in [9.17, 15) is 18.0 Å². The van der Waals surface area contributed by atoms with E-state index in [0.29, 0.717) is 19.5 Å². The number of carbonyl (C=O) groups is 1. The van der Waals surface area contributed by atoms with Crippen molar-refractivity contribution in [3.8, 4) is 0 Å². The molecule has 1 atom stereocenters. The molecule has 1 aliphatic rings. The standard InChI is InChI=1S/C14H13F3N4O/c15-14(16,17)11-3-1-2-10(8-11)13(22)20-7-4-12(9-20)21-18-5-6-19-21/h1-3,5-6,8,12H,4,7,9H2. The summed E-state index contributed by atoms with van der Waals surface area (Å²) in [6.07, 6.45) is -0.670. The molecule has 1 unspecified atom stereocenters. The van der Waals surface area contributed by atoms with E-state index in [0.717, 1.165) is 12.1 Å². The molecule has 1 amide bonds. The van der Waals surface area contributed by atoms with Gasteiger partial charge < -0.3 is 4.90 Å². The van der Waals surface area contributed by atoms with Gasteiger partial charge in [0.1, 0.15) is 0 Å². The highest BCUT2D eigenvalue weighted by atomic mass is 19.4. The Morgan fingerprint density at radius 3 is 2.64 bits per heavy atom. The summed E-state index contributed by atoms with van der Waals surface area (Å²) in [6, 6.07) is 4.46. The molecule has 0 aliphatic carbocycles. The molecule has 1 aromatic carbocycles. The number of benzene rings is 1. The second kappa shape index (κ2) is 5.43. The fourth-order valence-electron chi connectivity index (χ4n) is 2.54. The van der Waals surface area contributed by atoms with Crippen molar-refractivity contribution in [2.24, 2.45) is 0 Å². The molecule has 2 heterocycles. The predicted octanol–water partition coefficient (Wildman–Crippen LogP) is 2.38. The van der Waals surface area contributed by atoms with Crippen LogP contribution in [-0.2, 0) is 6.18 Å². The Morgan fingerprint density at radius 2 is 1.95 bits per heavy atom. The molecule has 3 rings (SSSR count). The quantitative estimate of drug-likeness (QED) is 0.856. The van der Waals surface area contributed by atoms with Crippen molar-refractivity contribution in [3.63, 3.8) is 0 Å². The van der Waals surface area contributed by atoms with Gasteiger partial charge in [-0.1, -0.05) is 6.07 Å². The Kier molecular flexibility index (Phi) is 3.59. The number of halogens is 3. The Bertz CT molecular complexity index is 669. The topological polar surface area (TPSA) is 51.0 Å². The van der Waals surface area contributed by atoms with Gasteiger partial charge in [-0.05, 0) is 24.6 Å². The van der Waals surface area contributed by atoms with E-state index in [1.807, 2.05) is 0 Å². The Labute approximate surface area is 124 Å². The first-order valence-corrected chi connectivity index (χ1v) is 6.77. The highest BCUT2D eigenvalue weighted by molar-refractivity contribution is 5.94. The molecule has 8 heteroatoms. The third-order valence-corrected chi connectivity index (χ3v) is 3.65. The van der Waals surface area contributed by atoms with Crippen molar-refractivity contribution in [2.45, 2.75) is 18.6 Å². The highest BCUT2D eigenvalue weighted by Crippen LogP contribution is 2.30. The average Bonchev–Trinajstić information content (AvgIpc) is 3.16. The second-order valence-corrected chi connectivity index (χ2v) is 5.12. The van der Waals surface area contributed by atoms with Gasteiger partial charge in [-0.2, -0.15) is 28.2 Å². The van der Waals surface area contributed by atoms with Crippen LogP contribution < -0.4 is 0 Å². The van der Waals surface area contributed by atoms with Crippen LogP contribution in [0.3, 0.4) is 0 Å². The molecule has 1 aromatic heterocycles. The van der Waals surface area contributed by atoms with Crippen LogP contribution in [0.15, 0.2) is 36.7 Å². The lowest BCUT2D eigenvalue weighted by molar-refractivity contribution is -0.137. The number of rotatable bonds is 2. The number of carbonyl (C=O) groups excluding carboxylic acids is 1. The molecular weight excluding hydrogens is 297 g/mol. The van der Waals surface area contributed by atoms with E-state index < -0.39 is 17.6 Å². The van der Waals surface area contributed by atoms with Gasteiger partial charge in [0.05, 0.1) is 24.0 Å². The summed E-state index contributed by atoms with van der Waals surface area (Å²) in [5.74, 6) is -0.402. The van der Waals surface area contributed by atoms with Crippen molar-refractivity contribution in [1.82, 2.24) is 19.9 Å². The average molecular weight is 310 g/mol. The Hall–Kier alpha value is -2.38. The minimum atomic E-state index is -4.46. The fraction of sp³-hybridized carbons (Fsp3) is 0.357. The van der Waals surface area contributed by atoms with Crippen LogP contribution in [-0.4, -0.2) is 38.9 Å². The van der Waals surface area contributed by atoms with E-state index in [4.69, 9.17) is 0 Å².